The summed E-state index contributed by atoms with van der Waals surface area (Å²) in [5.74, 6) is -0.0821. The van der Waals surface area contributed by atoms with Gasteiger partial charge in [0.25, 0.3) is 15.7 Å². The van der Waals surface area contributed by atoms with Crippen LogP contribution in [-0.4, -0.2) is 38.7 Å². The molecule has 3 rings (SSSR count). The zero-order chi connectivity index (χ0) is 25.6. The van der Waals surface area contributed by atoms with Gasteiger partial charge in [-0.25, -0.2) is 8.42 Å². The zero-order valence-electron chi connectivity index (χ0n) is 19.4. The number of thioether (sulfide) groups is 1. The van der Waals surface area contributed by atoms with Crippen LogP contribution in [0.4, 0.5) is 17.1 Å². The van der Waals surface area contributed by atoms with E-state index >= 15 is 0 Å². The van der Waals surface area contributed by atoms with Crippen LogP contribution in [-0.2, 0) is 14.8 Å². The molecule has 0 aromatic heterocycles. The van der Waals surface area contributed by atoms with E-state index in [0.717, 1.165) is 9.20 Å². The highest BCUT2D eigenvalue weighted by Crippen LogP contribution is 2.28. The first-order chi connectivity index (χ1) is 16.6. The minimum Gasteiger partial charge on any atom is -0.494 e. The number of hydrogen-bond acceptors (Lipinski definition) is 7. The summed E-state index contributed by atoms with van der Waals surface area (Å²) in [4.78, 5) is 24.4. The van der Waals surface area contributed by atoms with Crippen molar-refractivity contribution in [3.8, 4) is 5.75 Å². The maximum absolute atomic E-state index is 13.6. The van der Waals surface area contributed by atoms with Crippen LogP contribution in [0.1, 0.15) is 12.5 Å². The predicted octanol–water partition coefficient (Wildman–Crippen LogP) is 4.86. The fourth-order valence-corrected chi connectivity index (χ4v) is 5.07. The molecule has 0 unspecified atom stereocenters. The molecule has 11 heteroatoms. The van der Waals surface area contributed by atoms with E-state index in [9.17, 15) is 23.3 Å². The molecular weight excluding hydrogens is 490 g/mol. The van der Waals surface area contributed by atoms with E-state index in [-0.39, 0.29) is 22.0 Å². The molecule has 0 radical (unpaired) electrons. The fourth-order valence-electron chi connectivity index (χ4n) is 3.24. The molecule has 0 saturated carbocycles. The number of nitrogens with one attached hydrogen (secondary N) is 1. The van der Waals surface area contributed by atoms with Gasteiger partial charge in [-0.3, -0.25) is 19.2 Å². The van der Waals surface area contributed by atoms with E-state index < -0.39 is 27.4 Å². The quantitative estimate of drug-likeness (QED) is 0.233. The Labute approximate surface area is 208 Å². The van der Waals surface area contributed by atoms with E-state index in [2.05, 4.69) is 5.32 Å². The second kappa shape index (κ2) is 11.2. The highest BCUT2D eigenvalue weighted by Gasteiger charge is 2.27. The first-order valence-electron chi connectivity index (χ1n) is 10.6. The van der Waals surface area contributed by atoms with Crippen LogP contribution in [0.3, 0.4) is 0 Å². The number of non-ortho nitro benzene ring substituents is 1. The number of benzene rings is 3. The number of hydrogen-bond donors (Lipinski definition) is 1. The van der Waals surface area contributed by atoms with E-state index in [1.165, 1.54) is 42.1 Å². The molecule has 3 aromatic rings. The SMILES string of the molecule is CCOc1ccc(N(CC(=O)Nc2cc([N+](=O)[O-])ccc2C)S(=O)(=O)c2ccc(SC)cc2)cc1. The average molecular weight is 516 g/mol. The van der Waals surface area contributed by atoms with Gasteiger partial charge in [-0.05, 0) is 74.2 Å². The third kappa shape index (κ3) is 6.31. The van der Waals surface area contributed by atoms with Crippen molar-refractivity contribution in [3.05, 3.63) is 82.4 Å². The summed E-state index contributed by atoms with van der Waals surface area (Å²) in [6.45, 7) is 3.44. The van der Waals surface area contributed by atoms with Gasteiger partial charge in [0, 0.05) is 17.0 Å². The summed E-state index contributed by atoms with van der Waals surface area (Å²) in [5.41, 5.74) is 0.925. The van der Waals surface area contributed by atoms with Gasteiger partial charge >= 0.3 is 0 Å². The maximum atomic E-state index is 13.6. The number of carbonyl (C=O) groups is 1. The molecule has 0 fully saturated rings. The van der Waals surface area contributed by atoms with Gasteiger partial charge in [0.05, 0.1) is 27.8 Å². The third-order valence-corrected chi connectivity index (χ3v) is 7.61. The van der Waals surface area contributed by atoms with Gasteiger partial charge in [0.15, 0.2) is 0 Å². The van der Waals surface area contributed by atoms with Crippen molar-refractivity contribution >= 4 is 44.8 Å². The lowest BCUT2D eigenvalue weighted by Gasteiger charge is -2.24. The van der Waals surface area contributed by atoms with Gasteiger partial charge < -0.3 is 10.1 Å². The molecule has 0 spiro atoms. The molecular formula is C24H25N3O6S2. The largest absolute Gasteiger partial charge is 0.494 e. The smallest absolute Gasteiger partial charge is 0.271 e. The third-order valence-electron chi connectivity index (χ3n) is 5.08. The van der Waals surface area contributed by atoms with E-state index in [4.69, 9.17) is 4.74 Å². The number of nitro groups is 1. The number of ether oxygens (including phenoxy) is 1. The Morgan fingerprint density at radius 1 is 1.09 bits per heavy atom. The molecule has 0 atom stereocenters. The summed E-state index contributed by atoms with van der Waals surface area (Å²) >= 11 is 1.48. The van der Waals surface area contributed by atoms with Gasteiger partial charge in [0.2, 0.25) is 5.91 Å². The molecule has 184 valence electrons. The van der Waals surface area contributed by atoms with Crippen molar-refractivity contribution in [1.82, 2.24) is 0 Å². The maximum Gasteiger partial charge on any atom is 0.271 e. The van der Waals surface area contributed by atoms with Crippen molar-refractivity contribution in [2.75, 3.05) is 29.0 Å². The molecule has 1 amide bonds. The minimum atomic E-state index is -4.11. The van der Waals surface area contributed by atoms with Crippen molar-refractivity contribution in [1.29, 1.82) is 0 Å². The summed E-state index contributed by atoms with van der Waals surface area (Å²) in [7, 11) is -4.11. The summed E-state index contributed by atoms with van der Waals surface area (Å²) in [5, 5.41) is 13.7. The van der Waals surface area contributed by atoms with Crippen LogP contribution in [0.5, 0.6) is 5.75 Å². The Hall–Kier alpha value is -3.57. The Bertz CT molecular complexity index is 1310. The Morgan fingerprint density at radius 2 is 1.74 bits per heavy atom. The predicted molar refractivity (Wildman–Crippen MR) is 137 cm³/mol. The lowest BCUT2D eigenvalue weighted by molar-refractivity contribution is -0.384. The van der Waals surface area contributed by atoms with Crippen molar-refractivity contribution in [2.45, 2.75) is 23.6 Å². The molecule has 0 heterocycles. The van der Waals surface area contributed by atoms with Gasteiger partial charge in [0.1, 0.15) is 12.3 Å². The molecule has 0 bridgehead atoms. The monoisotopic (exact) mass is 515 g/mol. The van der Waals surface area contributed by atoms with Crippen LogP contribution in [0.2, 0.25) is 0 Å². The number of rotatable bonds is 10. The van der Waals surface area contributed by atoms with Crippen molar-refractivity contribution in [3.63, 3.8) is 0 Å². The molecule has 0 aliphatic rings. The van der Waals surface area contributed by atoms with Crippen molar-refractivity contribution in [2.24, 2.45) is 0 Å². The highest BCUT2D eigenvalue weighted by atomic mass is 32.2. The number of anilines is 2. The number of amides is 1. The molecule has 0 aliphatic carbocycles. The van der Waals surface area contributed by atoms with E-state index in [1.807, 2.05) is 13.2 Å². The molecule has 1 N–H and O–H groups in total. The number of carbonyl (C=O) groups excluding carboxylic acids is 1. The summed E-state index contributed by atoms with van der Waals surface area (Å²) < 4.78 is 33.6. The van der Waals surface area contributed by atoms with E-state index in [1.54, 1.807) is 43.3 Å². The number of sulfonamides is 1. The van der Waals surface area contributed by atoms with Gasteiger partial charge in [-0.15, -0.1) is 11.8 Å². The van der Waals surface area contributed by atoms with Gasteiger partial charge in [-0.1, -0.05) is 6.07 Å². The molecule has 9 nitrogen and oxygen atoms in total. The first kappa shape index (κ1) is 26.0. The molecule has 0 saturated heterocycles. The van der Waals surface area contributed by atoms with Crippen LogP contribution >= 0.6 is 11.8 Å². The van der Waals surface area contributed by atoms with Crippen molar-refractivity contribution < 1.29 is 22.9 Å². The lowest BCUT2D eigenvalue weighted by atomic mass is 10.2. The second-order valence-electron chi connectivity index (χ2n) is 7.42. The lowest BCUT2D eigenvalue weighted by Crippen LogP contribution is -2.38. The fraction of sp³-hybridized carbons (Fsp3) is 0.208. The zero-order valence-corrected chi connectivity index (χ0v) is 21.1. The number of nitro benzene ring substituents is 1. The molecule has 35 heavy (non-hydrogen) atoms. The standard InChI is InChI=1S/C24H25N3O6S2/c1-4-33-20-9-7-18(8-10-20)26(35(31,32)22-13-11-21(34-3)12-14-22)16-24(28)25-23-15-19(27(29)30)6-5-17(23)2/h5-15H,4,16H2,1-3H3,(H,25,28). The first-order valence-corrected chi connectivity index (χ1v) is 13.3. The number of aryl methyl sites for hydroxylation is 1. The second-order valence-corrected chi connectivity index (χ2v) is 10.2. The van der Waals surface area contributed by atoms with Crippen LogP contribution in [0.15, 0.2) is 76.5 Å². The Kier molecular flexibility index (Phi) is 8.36. The van der Waals surface area contributed by atoms with Crippen LogP contribution in [0, 0.1) is 17.0 Å². The molecule has 0 aliphatic heterocycles. The summed E-state index contributed by atoms with van der Waals surface area (Å²) in [6.07, 6.45) is 1.88. The average Bonchev–Trinajstić information content (AvgIpc) is 2.84. The minimum absolute atomic E-state index is 0.0310. The highest BCUT2D eigenvalue weighted by molar-refractivity contribution is 7.98. The Balaban J connectivity index is 1.95. The Morgan fingerprint density at radius 3 is 2.31 bits per heavy atom. The normalized spacial score (nSPS) is 11.1. The van der Waals surface area contributed by atoms with Crippen LogP contribution < -0.4 is 14.4 Å². The van der Waals surface area contributed by atoms with E-state index in [0.29, 0.717) is 17.9 Å². The van der Waals surface area contributed by atoms with Gasteiger partial charge in [-0.2, -0.15) is 0 Å². The van der Waals surface area contributed by atoms with Crippen LogP contribution in [0.25, 0.3) is 0 Å². The topological polar surface area (TPSA) is 119 Å². The number of nitrogens with zero attached hydrogens (tertiary/aromatic N) is 2. The summed E-state index contributed by atoms with van der Waals surface area (Å²) in [6, 6.07) is 16.8. The molecule has 3 aromatic carbocycles.